The molecule has 0 fully saturated rings. The lowest BCUT2D eigenvalue weighted by atomic mass is 10.1. The Bertz CT molecular complexity index is 581. The summed E-state index contributed by atoms with van der Waals surface area (Å²) in [6.07, 6.45) is 0. The second-order valence-corrected chi connectivity index (χ2v) is 6.16. The molecule has 1 aromatic carbocycles. The Kier molecular flexibility index (Phi) is 6.45. The van der Waals surface area contributed by atoms with Gasteiger partial charge in [0.2, 0.25) is 5.75 Å². The minimum Gasteiger partial charge on any atom is -0.493 e. The third-order valence-electron chi connectivity index (χ3n) is 3.04. The molecule has 134 valence electrons. The monoisotopic (exact) mass is 339 g/mol. The van der Waals surface area contributed by atoms with Gasteiger partial charge in [-0.2, -0.15) is 0 Å². The zero-order valence-electron chi connectivity index (χ0n) is 15.3. The average Bonchev–Trinajstić information content (AvgIpc) is 2.50. The maximum atomic E-state index is 12.5. The Hall–Kier alpha value is -2.44. The summed E-state index contributed by atoms with van der Waals surface area (Å²) in [4.78, 5) is 25.7. The lowest BCUT2D eigenvalue weighted by molar-refractivity contribution is -0.155. The number of hydrogen-bond donors (Lipinski definition) is 0. The number of benzene rings is 1. The van der Waals surface area contributed by atoms with Crippen molar-refractivity contribution in [2.24, 2.45) is 0 Å². The minimum atomic E-state index is -0.604. The molecular formula is C17H25NO6. The standard InChI is InChI=1S/C17H25NO6/c1-17(2,3)24-14(19)10-18(4)16(20)11-8-12(21-5)15(23-7)13(9-11)22-6/h8-9H,10H2,1-7H3. The summed E-state index contributed by atoms with van der Waals surface area (Å²) >= 11 is 0. The molecule has 24 heavy (non-hydrogen) atoms. The van der Waals surface area contributed by atoms with Crippen LogP contribution in [0.25, 0.3) is 0 Å². The number of ether oxygens (including phenoxy) is 4. The molecule has 0 spiro atoms. The molecule has 1 aromatic rings. The second kappa shape index (κ2) is 7.90. The fourth-order valence-corrected chi connectivity index (χ4v) is 2.06. The van der Waals surface area contributed by atoms with Gasteiger partial charge < -0.3 is 23.8 Å². The quantitative estimate of drug-likeness (QED) is 0.739. The summed E-state index contributed by atoms with van der Waals surface area (Å²) in [7, 11) is 5.94. The highest BCUT2D eigenvalue weighted by molar-refractivity contribution is 5.97. The molecule has 0 aliphatic carbocycles. The SMILES string of the molecule is COc1cc(C(=O)N(C)CC(=O)OC(C)(C)C)cc(OC)c1OC. The van der Waals surface area contributed by atoms with E-state index in [1.54, 1.807) is 20.8 Å². The Balaban J connectivity index is 3.00. The molecule has 0 heterocycles. The molecule has 0 atom stereocenters. The Labute approximate surface area is 142 Å². The van der Waals surface area contributed by atoms with E-state index in [-0.39, 0.29) is 12.5 Å². The van der Waals surface area contributed by atoms with Crippen molar-refractivity contribution in [1.82, 2.24) is 4.90 Å². The predicted octanol–water partition coefficient (Wildman–Crippen LogP) is 2.13. The normalized spacial score (nSPS) is 10.8. The molecule has 0 saturated heterocycles. The van der Waals surface area contributed by atoms with Gasteiger partial charge in [0, 0.05) is 12.6 Å². The summed E-state index contributed by atoms with van der Waals surface area (Å²) in [5, 5.41) is 0. The minimum absolute atomic E-state index is 0.160. The molecule has 0 saturated carbocycles. The van der Waals surface area contributed by atoms with Crippen LogP contribution in [0.3, 0.4) is 0 Å². The predicted molar refractivity (Wildman–Crippen MR) is 88.9 cm³/mol. The van der Waals surface area contributed by atoms with E-state index in [1.165, 1.54) is 45.4 Å². The van der Waals surface area contributed by atoms with Gasteiger partial charge in [0.15, 0.2) is 11.5 Å². The molecule has 0 aromatic heterocycles. The maximum Gasteiger partial charge on any atom is 0.326 e. The Morgan fingerprint density at radius 2 is 1.50 bits per heavy atom. The van der Waals surface area contributed by atoms with Gasteiger partial charge in [0.05, 0.1) is 21.3 Å². The topological polar surface area (TPSA) is 74.3 Å². The number of esters is 1. The van der Waals surface area contributed by atoms with Crippen LogP contribution in [0.2, 0.25) is 0 Å². The average molecular weight is 339 g/mol. The number of methoxy groups -OCH3 is 3. The molecule has 0 bridgehead atoms. The lowest BCUT2D eigenvalue weighted by Crippen LogP contribution is -2.36. The third-order valence-corrected chi connectivity index (χ3v) is 3.04. The van der Waals surface area contributed by atoms with Crippen molar-refractivity contribution in [3.05, 3.63) is 17.7 Å². The van der Waals surface area contributed by atoms with E-state index in [9.17, 15) is 9.59 Å². The van der Waals surface area contributed by atoms with Crippen LogP contribution in [0.1, 0.15) is 31.1 Å². The van der Waals surface area contributed by atoms with Gasteiger partial charge in [0.25, 0.3) is 5.91 Å². The molecule has 7 heteroatoms. The smallest absolute Gasteiger partial charge is 0.326 e. The van der Waals surface area contributed by atoms with Gasteiger partial charge in [-0.05, 0) is 32.9 Å². The molecule has 1 rings (SSSR count). The van der Waals surface area contributed by atoms with Crippen molar-refractivity contribution in [2.75, 3.05) is 34.9 Å². The van der Waals surface area contributed by atoms with E-state index in [1.807, 2.05) is 0 Å². The number of nitrogens with zero attached hydrogens (tertiary/aromatic N) is 1. The molecule has 0 radical (unpaired) electrons. The first-order valence-corrected chi connectivity index (χ1v) is 7.40. The van der Waals surface area contributed by atoms with Crippen LogP contribution in [0.5, 0.6) is 17.2 Å². The van der Waals surface area contributed by atoms with E-state index in [4.69, 9.17) is 18.9 Å². The van der Waals surface area contributed by atoms with Crippen LogP contribution in [-0.4, -0.2) is 57.3 Å². The zero-order chi connectivity index (χ0) is 18.5. The number of carbonyl (C=O) groups is 2. The van der Waals surface area contributed by atoms with Crippen molar-refractivity contribution in [3.63, 3.8) is 0 Å². The Morgan fingerprint density at radius 3 is 1.88 bits per heavy atom. The zero-order valence-corrected chi connectivity index (χ0v) is 15.3. The fourth-order valence-electron chi connectivity index (χ4n) is 2.06. The van der Waals surface area contributed by atoms with Crippen LogP contribution in [0.4, 0.5) is 0 Å². The number of amides is 1. The van der Waals surface area contributed by atoms with Crippen molar-refractivity contribution < 1.29 is 28.5 Å². The van der Waals surface area contributed by atoms with E-state index < -0.39 is 11.6 Å². The van der Waals surface area contributed by atoms with Crippen LogP contribution in [-0.2, 0) is 9.53 Å². The van der Waals surface area contributed by atoms with Crippen LogP contribution in [0, 0.1) is 0 Å². The van der Waals surface area contributed by atoms with Gasteiger partial charge in [-0.1, -0.05) is 0 Å². The summed E-state index contributed by atoms with van der Waals surface area (Å²) in [6.45, 7) is 5.15. The summed E-state index contributed by atoms with van der Waals surface area (Å²) in [5.74, 6) is 0.286. The summed E-state index contributed by atoms with van der Waals surface area (Å²) in [5.41, 5.74) is -0.288. The largest absolute Gasteiger partial charge is 0.493 e. The number of hydrogen-bond acceptors (Lipinski definition) is 6. The highest BCUT2D eigenvalue weighted by Crippen LogP contribution is 2.38. The third kappa shape index (κ3) is 5.04. The fraction of sp³-hybridized carbons (Fsp3) is 0.529. The first-order valence-electron chi connectivity index (χ1n) is 7.40. The van der Waals surface area contributed by atoms with Crippen LogP contribution >= 0.6 is 0 Å². The maximum absolute atomic E-state index is 12.5. The van der Waals surface area contributed by atoms with Crippen molar-refractivity contribution in [2.45, 2.75) is 26.4 Å². The van der Waals surface area contributed by atoms with E-state index in [0.29, 0.717) is 22.8 Å². The lowest BCUT2D eigenvalue weighted by Gasteiger charge is -2.23. The van der Waals surface area contributed by atoms with E-state index in [0.717, 1.165) is 0 Å². The van der Waals surface area contributed by atoms with Gasteiger partial charge in [-0.25, -0.2) is 0 Å². The van der Waals surface area contributed by atoms with Gasteiger partial charge >= 0.3 is 5.97 Å². The van der Waals surface area contributed by atoms with E-state index in [2.05, 4.69) is 0 Å². The molecule has 0 N–H and O–H groups in total. The van der Waals surface area contributed by atoms with Crippen molar-refractivity contribution in [3.8, 4) is 17.2 Å². The van der Waals surface area contributed by atoms with Crippen LogP contribution < -0.4 is 14.2 Å². The molecular weight excluding hydrogens is 314 g/mol. The highest BCUT2D eigenvalue weighted by Gasteiger charge is 2.23. The number of likely N-dealkylation sites (N-methyl/N-ethyl adjacent to an activating group) is 1. The Morgan fingerprint density at radius 1 is 1.00 bits per heavy atom. The summed E-state index contributed by atoms with van der Waals surface area (Å²) < 4.78 is 20.9. The molecule has 7 nitrogen and oxygen atoms in total. The van der Waals surface area contributed by atoms with Gasteiger partial charge in [0.1, 0.15) is 12.1 Å². The number of rotatable bonds is 6. The molecule has 0 aliphatic heterocycles. The summed E-state index contributed by atoms with van der Waals surface area (Å²) in [6, 6.07) is 3.07. The molecule has 0 unspecified atom stereocenters. The first-order chi connectivity index (χ1) is 11.1. The number of carbonyl (C=O) groups excluding carboxylic acids is 2. The highest BCUT2D eigenvalue weighted by atomic mass is 16.6. The second-order valence-electron chi connectivity index (χ2n) is 6.16. The van der Waals surface area contributed by atoms with Crippen LogP contribution in [0.15, 0.2) is 12.1 Å². The van der Waals surface area contributed by atoms with Crippen molar-refractivity contribution >= 4 is 11.9 Å². The first kappa shape index (κ1) is 19.6. The molecule has 0 aliphatic rings. The molecule has 1 amide bonds. The van der Waals surface area contributed by atoms with Gasteiger partial charge in [-0.3, -0.25) is 9.59 Å². The van der Waals surface area contributed by atoms with Gasteiger partial charge in [-0.15, -0.1) is 0 Å². The van der Waals surface area contributed by atoms with E-state index >= 15 is 0 Å². The van der Waals surface area contributed by atoms with Crippen molar-refractivity contribution in [1.29, 1.82) is 0 Å².